The molecule has 1 aliphatic heterocycles. The van der Waals surface area contributed by atoms with Crippen LogP contribution in [0.3, 0.4) is 0 Å². The van der Waals surface area contributed by atoms with Crippen molar-refractivity contribution in [2.75, 3.05) is 0 Å². The molecule has 0 fully saturated rings. The van der Waals surface area contributed by atoms with E-state index < -0.39 is 0 Å². The van der Waals surface area contributed by atoms with E-state index >= 15 is 0 Å². The monoisotopic (exact) mass is 343 g/mol. The van der Waals surface area contributed by atoms with Crippen molar-refractivity contribution in [2.24, 2.45) is 5.92 Å². The van der Waals surface area contributed by atoms with Crippen LogP contribution in [-0.4, -0.2) is 10.4 Å². The van der Waals surface area contributed by atoms with Gasteiger partial charge in [-0.15, -0.1) is 0 Å². The van der Waals surface area contributed by atoms with E-state index in [2.05, 4.69) is 67.0 Å². The lowest BCUT2D eigenvalue weighted by Crippen LogP contribution is -2.12. The molecule has 0 saturated heterocycles. The maximum Gasteiger partial charge on any atom is 0.172 e. The van der Waals surface area contributed by atoms with Crippen LogP contribution in [0.2, 0.25) is 0 Å². The number of aryl methyl sites for hydroxylation is 1. The lowest BCUT2D eigenvalue weighted by atomic mass is 9.88. The average molecular weight is 343 g/mol. The van der Waals surface area contributed by atoms with Gasteiger partial charge in [0, 0.05) is 23.3 Å². The summed E-state index contributed by atoms with van der Waals surface area (Å²) >= 11 is 0. The maximum atomic E-state index is 13.5. The Morgan fingerprint density at radius 2 is 1.85 bits per heavy atom. The van der Waals surface area contributed by atoms with Gasteiger partial charge in [0.1, 0.15) is 0 Å². The van der Waals surface area contributed by atoms with E-state index in [1.54, 1.807) is 0 Å². The van der Waals surface area contributed by atoms with Crippen molar-refractivity contribution in [3.63, 3.8) is 0 Å². The number of nitrogens with zero attached hydrogens (tertiary/aromatic N) is 1. The Hall–Kier alpha value is -2.61. The topological polar surface area (TPSA) is 22.0 Å². The molecule has 2 nitrogen and oxygen atoms in total. The minimum Gasteiger partial charge on any atom is -0.344 e. The predicted molar refractivity (Wildman–Crippen MR) is 108 cm³/mol. The number of rotatable bonds is 5. The standard InChI is InChI=1S/C24H25NO/c1-17(2)12-13-20(18-8-4-3-5-9-18)24(26)21-14-15-25-22-11-7-6-10-19(22)16-23(21)25/h3-11,13,16-17,21H,12,14-15H2,1-2H3/b20-13+. The second kappa shape index (κ2) is 6.95. The molecule has 4 rings (SSSR count). The Labute approximate surface area is 155 Å². The fraction of sp³-hybridized carbons (Fsp3) is 0.292. The van der Waals surface area contributed by atoms with Crippen molar-refractivity contribution in [2.45, 2.75) is 39.2 Å². The van der Waals surface area contributed by atoms with Crippen molar-refractivity contribution in [3.8, 4) is 0 Å². The van der Waals surface area contributed by atoms with Gasteiger partial charge >= 0.3 is 0 Å². The Bertz CT molecular complexity index is 962. The molecule has 1 atom stereocenters. The summed E-state index contributed by atoms with van der Waals surface area (Å²) in [5, 5.41) is 1.23. The first kappa shape index (κ1) is 16.8. The van der Waals surface area contributed by atoms with Gasteiger partial charge in [-0.25, -0.2) is 0 Å². The number of para-hydroxylation sites is 1. The highest BCUT2D eigenvalue weighted by Gasteiger charge is 2.32. The summed E-state index contributed by atoms with van der Waals surface area (Å²) in [7, 11) is 0. The molecular formula is C24H25NO. The Balaban J connectivity index is 1.73. The summed E-state index contributed by atoms with van der Waals surface area (Å²) in [5.41, 5.74) is 4.32. The van der Waals surface area contributed by atoms with Gasteiger partial charge in [-0.05, 0) is 41.8 Å². The molecule has 0 N–H and O–H groups in total. The van der Waals surface area contributed by atoms with Crippen molar-refractivity contribution in [3.05, 3.63) is 78.0 Å². The first-order valence-corrected chi connectivity index (χ1v) is 9.53. The highest BCUT2D eigenvalue weighted by molar-refractivity contribution is 6.23. The van der Waals surface area contributed by atoms with Crippen LogP contribution in [0.1, 0.15) is 43.9 Å². The van der Waals surface area contributed by atoms with Gasteiger partial charge in [-0.1, -0.05) is 68.5 Å². The van der Waals surface area contributed by atoms with E-state index in [1.165, 1.54) is 16.6 Å². The number of carbonyl (C=O) groups is 1. The van der Waals surface area contributed by atoms with Crippen LogP contribution in [0.15, 0.2) is 66.7 Å². The summed E-state index contributed by atoms with van der Waals surface area (Å²) < 4.78 is 2.32. The summed E-state index contributed by atoms with van der Waals surface area (Å²) in [6, 6.07) is 20.7. The lowest BCUT2D eigenvalue weighted by Gasteiger charge is -2.13. The first-order chi connectivity index (χ1) is 12.6. The molecule has 0 bridgehead atoms. The third kappa shape index (κ3) is 3.01. The van der Waals surface area contributed by atoms with Gasteiger partial charge in [0.2, 0.25) is 0 Å². The van der Waals surface area contributed by atoms with Crippen molar-refractivity contribution >= 4 is 22.3 Å². The number of fused-ring (bicyclic) bond motifs is 3. The Morgan fingerprint density at radius 3 is 2.62 bits per heavy atom. The SMILES string of the molecule is CC(C)C/C=C(/C(=O)C1CCn2c1cc1ccccc12)c1ccccc1. The summed E-state index contributed by atoms with van der Waals surface area (Å²) in [4.78, 5) is 13.5. The second-order valence-corrected chi connectivity index (χ2v) is 7.60. The molecule has 3 aromatic rings. The van der Waals surface area contributed by atoms with E-state index in [-0.39, 0.29) is 11.7 Å². The molecule has 2 heterocycles. The molecule has 0 amide bonds. The van der Waals surface area contributed by atoms with E-state index in [4.69, 9.17) is 0 Å². The molecule has 1 aromatic heterocycles. The number of aromatic nitrogens is 1. The minimum atomic E-state index is -0.0407. The lowest BCUT2D eigenvalue weighted by molar-refractivity contribution is -0.115. The number of hydrogen-bond acceptors (Lipinski definition) is 1. The largest absolute Gasteiger partial charge is 0.344 e. The van der Waals surface area contributed by atoms with E-state index in [0.29, 0.717) is 5.92 Å². The van der Waals surface area contributed by atoms with Crippen LogP contribution in [0.25, 0.3) is 16.5 Å². The van der Waals surface area contributed by atoms with Gasteiger partial charge in [0.15, 0.2) is 5.78 Å². The quantitative estimate of drug-likeness (QED) is 0.534. The molecule has 0 saturated carbocycles. The number of Topliss-reactive ketones (excluding diaryl/α,β-unsaturated/α-hetero) is 1. The second-order valence-electron chi connectivity index (χ2n) is 7.60. The normalized spacial score (nSPS) is 17.0. The number of hydrogen-bond donors (Lipinski definition) is 0. The van der Waals surface area contributed by atoms with Crippen LogP contribution >= 0.6 is 0 Å². The smallest absolute Gasteiger partial charge is 0.172 e. The molecule has 1 aliphatic rings. The van der Waals surface area contributed by atoms with E-state index in [9.17, 15) is 4.79 Å². The highest BCUT2D eigenvalue weighted by atomic mass is 16.1. The van der Waals surface area contributed by atoms with Crippen molar-refractivity contribution in [1.82, 2.24) is 4.57 Å². The molecule has 132 valence electrons. The fourth-order valence-corrected chi connectivity index (χ4v) is 3.96. The number of allylic oxidation sites excluding steroid dienone is 2. The predicted octanol–water partition coefficient (Wildman–Crippen LogP) is 5.83. The molecule has 2 heteroatoms. The number of carbonyl (C=O) groups excluding carboxylic acids is 1. The zero-order chi connectivity index (χ0) is 18.1. The van der Waals surface area contributed by atoms with Gasteiger partial charge in [0.25, 0.3) is 0 Å². The fourth-order valence-electron chi connectivity index (χ4n) is 3.96. The third-order valence-corrected chi connectivity index (χ3v) is 5.30. The van der Waals surface area contributed by atoms with Crippen LogP contribution in [0.5, 0.6) is 0 Å². The molecule has 2 aromatic carbocycles. The Kier molecular flexibility index (Phi) is 4.50. The van der Waals surface area contributed by atoms with Crippen LogP contribution in [0, 0.1) is 5.92 Å². The highest BCUT2D eigenvalue weighted by Crippen LogP contribution is 2.37. The van der Waals surface area contributed by atoms with E-state index in [0.717, 1.165) is 30.5 Å². The summed E-state index contributed by atoms with van der Waals surface area (Å²) in [6.45, 7) is 5.31. The summed E-state index contributed by atoms with van der Waals surface area (Å²) in [6.07, 6.45) is 3.96. The zero-order valence-electron chi connectivity index (χ0n) is 15.5. The van der Waals surface area contributed by atoms with E-state index in [1.807, 2.05) is 18.2 Å². The van der Waals surface area contributed by atoms with Crippen molar-refractivity contribution < 1.29 is 4.79 Å². The average Bonchev–Trinajstić information content (AvgIpc) is 3.21. The number of benzene rings is 2. The molecular weight excluding hydrogens is 318 g/mol. The first-order valence-electron chi connectivity index (χ1n) is 9.53. The zero-order valence-corrected chi connectivity index (χ0v) is 15.5. The van der Waals surface area contributed by atoms with Crippen LogP contribution in [-0.2, 0) is 11.3 Å². The van der Waals surface area contributed by atoms with Gasteiger partial charge in [-0.2, -0.15) is 0 Å². The van der Waals surface area contributed by atoms with Crippen LogP contribution < -0.4 is 0 Å². The van der Waals surface area contributed by atoms with Crippen molar-refractivity contribution in [1.29, 1.82) is 0 Å². The minimum absolute atomic E-state index is 0.0407. The number of ketones is 1. The van der Waals surface area contributed by atoms with Gasteiger partial charge in [-0.3, -0.25) is 4.79 Å². The molecule has 0 aliphatic carbocycles. The maximum absolute atomic E-state index is 13.5. The molecule has 26 heavy (non-hydrogen) atoms. The van der Waals surface area contributed by atoms with Gasteiger partial charge in [0.05, 0.1) is 5.92 Å². The molecule has 0 radical (unpaired) electrons. The van der Waals surface area contributed by atoms with Crippen LogP contribution in [0.4, 0.5) is 0 Å². The Morgan fingerprint density at radius 1 is 1.12 bits per heavy atom. The summed E-state index contributed by atoms with van der Waals surface area (Å²) in [5.74, 6) is 0.760. The molecule has 0 spiro atoms. The van der Waals surface area contributed by atoms with Gasteiger partial charge < -0.3 is 4.57 Å². The molecule has 1 unspecified atom stereocenters. The third-order valence-electron chi connectivity index (χ3n) is 5.30.